The summed E-state index contributed by atoms with van der Waals surface area (Å²) in [5.74, 6) is -1.52. The van der Waals surface area contributed by atoms with Crippen LogP contribution in [-0.2, 0) is 26.1 Å². The van der Waals surface area contributed by atoms with E-state index in [1.54, 1.807) is 18.2 Å². The number of carboxylic acid groups (broad SMARTS) is 1. The lowest BCUT2D eigenvalue weighted by molar-refractivity contribution is 0.0435. The Morgan fingerprint density at radius 1 is 1.07 bits per heavy atom. The maximum atomic E-state index is 13.6. The van der Waals surface area contributed by atoms with Crippen molar-refractivity contribution in [1.82, 2.24) is 5.32 Å². The van der Waals surface area contributed by atoms with Crippen molar-refractivity contribution >= 4 is 44.2 Å². The summed E-state index contributed by atoms with van der Waals surface area (Å²) in [6.07, 6.45) is 2.89. The van der Waals surface area contributed by atoms with Gasteiger partial charge in [-0.05, 0) is 72.4 Å². The third-order valence-electron chi connectivity index (χ3n) is 7.51. The van der Waals surface area contributed by atoms with Crippen LogP contribution in [-0.4, -0.2) is 65.1 Å². The lowest BCUT2D eigenvalue weighted by Gasteiger charge is -2.25. The molecular formula is C32H34FN3O8S. The highest BCUT2D eigenvalue weighted by atomic mass is 32.2. The van der Waals surface area contributed by atoms with Crippen molar-refractivity contribution < 1.29 is 41.4 Å². The van der Waals surface area contributed by atoms with Gasteiger partial charge in [-0.3, -0.25) is 9.10 Å². The Labute approximate surface area is 259 Å². The first kappa shape index (κ1) is 31.9. The number of nitrogens with zero attached hydrogens (tertiary/aromatic N) is 1. The lowest BCUT2D eigenvalue weighted by Crippen LogP contribution is -2.34. The highest BCUT2D eigenvalue weighted by Gasteiger charge is 2.33. The van der Waals surface area contributed by atoms with Crippen molar-refractivity contribution in [2.45, 2.75) is 25.4 Å². The second-order valence-electron chi connectivity index (χ2n) is 10.8. The van der Waals surface area contributed by atoms with Gasteiger partial charge in [0.2, 0.25) is 10.0 Å². The lowest BCUT2D eigenvalue weighted by atomic mass is 10.0. The molecule has 45 heavy (non-hydrogen) atoms. The number of furan rings is 1. The molecule has 0 saturated heterocycles. The van der Waals surface area contributed by atoms with Gasteiger partial charge in [-0.1, -0.05) is 6.07 Å². The molecule has 238 valence electrons. The number of anilines is 2. The van der Waals surface area contributed by atoms with Crippen LogP contribution in [0.25, 0.3) is 22.3 Å². The SMILES string of the molecule is CNC(=O)c1c(-c2ccc(F)cc2)oc2cc(N(CCOCCOCc3ccc(C(=O)O)c(N)c3)S(C)(=O)=O)c(C3CC3)cc12. The molecule has 3 aromatic carbocycles. The number of hydrogen-bond donors (Lipinski definition) is 3. The fourth-order valence-electron chi connectivity index (χ4n) is 5.16. The number of benzene rings is 3. The maximum Gasteiger partial charge on any atom is 0.337 e. The topological polar surface area (TPSA) is 161 Å². The van der Waals surface area contributed by atoms with Crippen LogP contribution in [0.2, 0.25) is 0 Å². The van der Waals surface area contributed by atoms with Gasteiger partial charge < -0.3 is 30.0 Å². The number of nitrogens with one attached hydrogen (secondary N) is 1. The van der Waals surface area contributed by atoms with Gasteiger partial charge in [0.05, 0.1) is 56.0 Å². The van der Waals surface area contributed by atoms with Crippen LogP contribution in [0.4, 0.5) is 15.8 Å². The molecule has 1 aliphatic rings. The Hall–Kier alpha value is -4.46. The summed E-state index contributed by atoms with van der Waals surface area (Å²) < 4.78 is 58.4. The molecule has 0 aliphatic heterocycles. The standard InChI is InChI=1S/C32H34FN3O8S/c1-35-31(37)29-25-16-24(20-4-5-20)27(17-28(25)44-30(29)21-6-8-22(33)9-7-21)36(45(2,40)41)11-12-42-13-14-43-18-19-3-10-23(32(38)39)26(34)15-19/h3,6-10,15-17,20H,4-5,11-14,18,34H2,1-2H3,(H,35,37)(H,38,39). The number of hydrogen-bond acceptors (Lipinski definition) is 8. The number of halogens is 1. The highest BCUT2D eigenvalue weighted by molar-refractivity contribution is 7.92. The number of carboxylic acids is 1. The van der Waals surface area contributed by atoms with Crippen LogP contribution in [0, 0.1) is 5.82 Å². The van der Waals surface area contributed by atoms with E-state index in [0.29, 0.717) is 33.3 Å². The van der Waals surface area contributed by atoms with Gasteiger partial charge in [-0.25, -0.2) is 17.6 Å². The van der Waals surface area contributed by atoms with Crippen molar-refractivity contribution in [3.05, 3.63) is 82.7 Å². The summed E-state index contributed by atoms with van der Waals surface area (Å²) in [5, 5.41) is 12.3. The largest absolute Gasteiger partial charge is 0.478 e. The summed E-state index contributed by atoms with van der Waals surface area (Å²) >= 11 is 0. The highest BCUT2D eigenvalue weighted by Crippen LogP contribution is 2.48. The van der Waals surface area contributed by atoms with Crippen LogP contribution in [0.15, 0.2) is 59.0 Å². The van der Waals surface area contributed by atoms with Crippen LogP contribution >= 0.6 is 0 Å². The van der Waals surface area contributed by atoms with Gasteiger partial charge in [0.25, 0.3) is 5.91 Å². The molecule has 5 rings (SSSR count). The molecular weight excluding hydrogens is 605 g/mol. The Bertz CT molecular complexity index is 1840. The van der Waals surface area contributed by atoms with Gasteiger partial charge in [0, 0.05) is 29.8 Å². The van der Waals surface area contributed by atoms with E-state index < -0.39 is 21.8 Å². The Kier molecular flexibility index (Phi) is 9.42. The maximum absolute atomic E-state index is 13.6. The Morgan fingerprint density at radius 2 is 1.78 bits per heavy atom. The van der Waals surface area contributed by atoms with Crippen molar-refractivity contribution in [3.8, 4) is 11.3 Å². The minimum atomic E-state index is -3.74. The summed E-state index contributed by atoms with van der Waals surface area (Å²) in [7, 11) is -2.23. The third-order valence-corrected chi connectivity index (χ3v) is 8.69. The summed E-state index contributed by atoms with van der Waals surface area (Å²) in [6, 6.07) is 13.7. The number of carbonyl (C=O) groups excluding carboxylic acids is 1. The number of sulfonamides is 1. The van der Waals surface area contributed by atoms with Crippen LogP contribution in [0.5, 0.6) is 0 Å². The van der Waals surface area contributed by atoms with Crippen LogP contribution < -0.4 is 15.4 Å². The van der Waals surface area contributed by atoms with Crippen molar-refractivity contribution in [2.75, 3.05) is 49.7 Å². The molecule has 1 aromatic heterocycles. The number of nitrogens with two attached hydrogens (primary N) is 1. The first-order valence-corrected chi connectivity index (χ1v) is 16.2. The summed E-state index contributed by atoms with van der Waals surface area (Å²) in [6.45, 7) is 0.740. The summed E-state index contributed by atoms with van der Waals surface area (Å²) in [4.78, 5) is 24.1. The monoisotopic (exact) mass is 639 g/mol. The molecule has 1 amide bonds. The van der Waals surface area contributed by atoms with E-state index in [9.17, 15) is 22.4 Å². The quantitative estimate of drug-likeness (QED) is 0.131. The van der Waals surface area contributed by atoms with Crippen LogP contribution in [0.1, 0.15) is 50.6 Å². The van der Waals surface area contributed by atoms with Crippen molar-refractivity contribution in [1.29, 1.82) is 0 Å². The van der Waals surface area contributed by atoms with Crippen molar-refractivity contribution in [3.63, 3.8) is 0 Å². The molecule has 11 nitrogen and oxygen atoms in total. The van der Waals surface area contributed by atoms with E-state index in [0.717, 1.165) is 24.7 Å². The van der Waals surface area contributed by atoms with E-state index in [1.807, 2.05) is 6.07 Å². The predicted octanol–water partition coefficient (Wildman–Crippen LogP) is 4.76. The van der Waals surface area contributed by atoms with Gasteiger partial charge >= 0.3 is 5.97 Å². The number of nitrogen functional groups attached to an aromatic ring is 1. The van der Waals surface area contributed by atoms with E-state index in [1.165, 1.54) is 41.7 Å². The second kappa shape index (κ2) is 13.3. The van der Waals surface area contributed by atoms with Gasteiger partial charge in [0.15, 0.2) is 0 Å². The smallest absolute Gasteiger partial charge is 0.337 e. The van der Waals surface area contributed by atoms with Gasteiger partial charge in [-0.15, -0.1) is 0 Å². The number of ether oxygens (including phenoxy) is 2. The zero-order valence-electron chi connectivity index (χ0n) is 24.8. The average Bonchev–Trinajstić information content (AvgIpc) is 3.77. The third kappa shape index (κ3) is 7.27. The average molecular weight is 640 g/mol. The molecule has 4 N–H and O–H groups in total. The molecule has 0 spiro atoms. The van der Waals surface area contributed by atoms with Gasteiger partial charge in [-0.2, -0.15) is 0 Å². The minimum absolute atomic E-state index is 0.0220. The minimum Gasteiger partial charge on any atom is -0.478 e. The molecule has 0 radical (unpaired) electrons. The number of fused-ring (bicyclic) bond motifs is 1. The first-order chi connectivity index (χ1) is 21.5. The van der Waals surface area contributed by atoms with Gasteiger partial charge in [0.1, 0.15) is 17.2 Å². The van der Waals surface area contributed by atoms with Crippen LogP contribution in [0.3, 0.4) is 0 Å². The number of carbonyl (C=O) groups is 2. The molecule has 1 aliphatic carbocycles. The fourth-order valence-corrected chi connectivity index (χ4v) is 6.08. The van der Waals surface area contributed by atoms with E-state index >= 15 is 0 Å². The molecule has 1 fully saturated rings. The van der Waals surface area contributed by atoms with E-state index in [-0.39, 0.29) is 61.8 Å². The molecule has 13 heteroatoms. The predicted molar refractivity (Wildman–Crippen MR) is 167 cm³/mol. The van der Waals surface area contributed by atoms with E-state index in [4.69, 9.17) is 24.7 Å². The number of amides is 1. The number of rotatable bonds is 14. The van der Waals surface area contributed by atoms with E-state index in [2.05, 4.69) is 5.32 Å². The second-order valence-corrected chi connectivity index (χ2v) is 12.7. The first-order valence-electron chi connectivity index (χ1n) is 14.3. The summed E-state index contributed by atoms with van der Waals surface area (Å²) in [5.41, 5.74) is 9.04. The molecule has 0 bridgehead atoms. The number of aromatic carboxylic acids is 1. The zero-order valence-corrected chi connectivity index (χ0v) is 25.7. The molecule has 1 heterocycles. The Balaban J connectivity index is 1.32. The fraction of sp³-hybridized carbons (Fsp3) is 0.312. The molecule has 0 unspecified atom stereocenters. The molecule has 0 atom stereocenters. The zero-order chi connectivity index (χ0) is 32.3. The molecule has 4 aromatic rings. The van der Waals surface area contributed by atoms with Crippen molar-refractivity contribution in [2.24, 2.45) is 0 Å². The Morgan fingerprint density at radius 3 is 2.40 bits per heavy atom. The normalized spacial score (nSPS) is 13.2. The molecule has 1 saturated carbocycles.